The fraction of sp³-hybridized carbons (Fsp3) is 0.625. The van der Waals surface area contributed by atoms with E-state index < -0.39 is 21.0 Å². The van der Waals surface area contributed by atoms with Gasteiger partial charge in [0.1, 0.15) is 0 Å². The Morgan fingerprint density at radius 1 is 0.920 bits per heavy atom. The van der Waals surface area contributed by atoms with Gasteiger partial charge < -0.3 is 23.2 Å². The van der Waals surface area contributed by atoms with Gasteiger partial charge in [0, 0.05) is 0 Å². The molecule has 1 aromatic rings. The molecule has 0 bridgehead atoms. The summed E-state index contributed by atoms with van der Waals surface area (Å²) in [5.74, 6) is -1.43. The van der Waals surface area contributed by atoms with Gasteiger partial charge in [-0.05, 0) is 38.8 Å². The van der Waals surface area contributed by atoms with Crippen molar-refractivity contribution < 1.29 is 32.3 Å². The second-order valence-corrected chi connectivity index (χ2v) is 9.24. The molecule has 1 aromatic carbocycles. The van der Waals surface area contributed by atoms with Crippen molar-refractivity contribution in [3.8, 4) is 0 Å². The van der Waals surface area contributed by atoms with Crippen molar-refractivity contribution in [3.63, 3.8) is 0 Å². The van der Waals surface area contributed by atoms with Gasteiger partial charge in [0.15, 0.2) is 5.85 Å². The van der Waals surface area contributed by atoms with E-state index in [9.17, 15) is 14.2 Å². The second kappa shape index (κ2) is 10.6. The Morgan fingerprint density at radius 2 is 1.44 bits per heavy atom. The van der Waals surface area contributed by atoms with Gasteiger partial charge in [-0.2, -0.15) is 0 Å². The van der Waals surface area contributed by atoms with Crippen molar-refractivity contribution in [2.24, 2.45) is 0 Å². The summed E-state index contributed by atoms with van der Waals surface area (Å²) in [5, 5.41) is 10.5. The van der Waals surface area contributed by atoms with Crippen LogP contribution in [0.25, 0.3) is 0 Å². The molecule has 9 heteroatoms. The molecule has 25 heavy (non-hydrogen) atoms. The Morgan fingerprint density at radius 3 is 1.92 bits per heavy atom. The normalized spacial score (nSPS) is 13.8. The maximum Gasteiger partial charge on any atom is 0.363 e. The van der Waals surface area contributed by atoms with Crippen LogP contribution in [-0.2, 0) is 33.4 Å². The summed E-state index contributed by atoms with van der Waals surface area (Å²) >= 11 is 0. The standard InChI is InChI=1S/C16H28O7P2/c1-5-20-24(18,21-6-2)13-14-10-9-11-15(12-14)16(17)25(19,22-7-3)23-8-4/h9-12,16-17H,5-8,13H2,1-4H3. The van der Waals surface area contributed by atoms with Crippen molar-refractivity contribution in [2.75, 3.05) is 26.4 Å². The van der Waals surface area contributed by atoms with Crippen LogP contribution in [0.15, 0.2) is 24.3 Å². The van der Waals surface area contributed by atoms with Gasteiger partial charge in [0.05, 0.1) is 32.6 Å². The summed E-state index contributed by atoms with van der Waals surface area (Å²) < 4.78 is 46.3. The number of hydrogen-bond donors (Lipinski definition) is 1. The van der Waals surface area contributed by atoms with Crippen LogP contribution < -0.4 is 0 Å². The van der Waals surface area contributed by atoms with Gasteiger partial charge in [-0.25, -0.2) is 0 Å². The molecule has 1 atom stereocenters. The van der Waals surface area contributed by atoms with Crippen LogP contribution in [0.1, 0.15) is 44.7 Å². The summed E-state index contributed by atoms with van der Waals surface area (Å²) in [4.78, 5) is 0. The third-order valence-electron chi connectivity index (χ3n) is 3.19. The van der Waals surface area contributed by atoms with Crippen molar-refractivity contribution in [2.45, 2.75) is 39.7 Å². The second-order valence-electron chi connectivity index (χ2n) is 5.10. The Bertz CT molecular complexity index is 600. The number of aliphatic hydroxyl groups excluding tert-OH is 1. The van der Waals surface area contributed by atoms with Gasteiger partial charge in [0.2, 0.25) is 0 Å². The van der Waals surface area contributed by atoms with Crippen LogP contribution in [0.3, 0.4) is 0 Å². The molecule has 0 aliphatic rings. The molecule has 1 N–H and O–H groups in total. The van der Waals surface area contributed by atoms with Crippen LogP contribution >= 0.6 is 15.2 Å². The molecule has 0 aromatic heterocycles. The minimum absolute atomic E-state index is 0.0583. The predicted molar refractivity (Wildman–Crippen MR) is 96.8 cm³/mol. The van der Waals surface area contributed by atoms with E-state index in [1.807, 2.05) is 0 Å². The van der Waals surface area contributed by atoms with Crippen molar-refractivity contribution in [3.05, 3.63) is 35.4 Å². The number of aliphatic hydroxyl groups is 1. The van der Waals surface area contributed by atoms with E-state index in [-0.39, 0.29) is 32.6 Å². The molecule has 1 unspecified atom stereocenters. The van der Waals surface area contributed by atoms with Gasteiger partial charge in [0.25, 0.3) is 0 Å². The molecule has 0 aliphatic carbocycles. The molecule has 7 nitrogen and oxygen atoms in total. The fourth-order valence-corrected chi connectivity index (χ4v) is 5.61. The van der Waals surface area contributed by atoms with E-state index >= 15 is 0 Å². The van der Waals surface area contributed by atoms with Crippen LogP contribution in [-0.4, -0.2) is 31.5 Å². The summed E-state index contributed by atoms with van der Waals surface area (Å²) in [5.41, 5.74) is 1.00. The molecule has 0 heterocycles. The lowest BCUT2D eigenvalue weighted by Crippen LogP contribution is -2.07. The molecular weight excluding hydrogens is 366 g/mol. The Hall–Kier alpha value is -0.520. The van der Waals surface area contributed by atoms with E-state index in [4.69, 9.17) is 18.1 Å². The highest BCUT2D eigenvalue weighted by molar-refractivity contribution is 7.54. The van der Waals surface area contributed by atoms with Crippen molar-refractivity contribution in [1.82, 2.24) is 0 Å². The van der Waals surface area contributed by atoms with Crippen LogP contribution in [0.4, 0.5) is 0 Å². The third kappa shape index (κ3) is 6.61. The Balaban J connectivity index is 3.07. The highest BCUT2D eigenvalue weighted by atomic mass is 31.2. The molecule has 0 saturated carbocycles. The summed E-state index contributed by atoms with van der Waals surface area (Å²) in [7, 11) is -6.98. The lowest BCUT2D eigenvalue weighted by atomic mass is 10.1. The predicted octanol–water partition coefficient (Wildman–Crippen LogP) is 4.71. The zero-order valence-corrected chi connectivity index (χ0v) is 17.0. The first kappa shape index (κ1) is 22.5. The summed E-state index contributed by atoms with van der Waals surface area (Å²) in [6, 6.07) is 6.65. The van der Waals surface area contributed by atoms with Gasteiger partial charge in [-0.3, -0.25) is 9.13 Å². The average molecular weight is 394 g/mol. The van der Waals surface area contributed by atoms with Crippen LogP contribution in [0.5, 0.6) is 0 Å². The Kier molecular flexibility index (Phi) is 9.54. The number of benzene rings is 1. The summed E-state index contributed by atoms with van der Waals surface area (Å²) in [6.45, 7) is 7.67. The van der Waals surface area contributed by atoms with E-state index in [1.54, 1.807) is 52.0 Å². The zero-order valence-electron chi connectivity index (χ0n) is 15.2. The molecule has 1 rings (SSSR count). The van der Waals surface area contributed by atoms with Crippen LogP contribution in [0.2, 0.25) is 0 Å². The highest BCUT2D eigenvalue weighted by Gasteiger charge is 2.35. The van der Waals surface area contributed by atoms with E-state index in [0.29, 0.717) is 11.1 Å². The molecule has 0 aliphatic heterocycles. The minimum Gasteiger partial charge on any atom is -0.376 e. The number of hydrogen-bond acceptors (Lipinski definition) is 7. The highest BCUT2D eigenvalue weighted by Crippen LogP contribution is 2.59. The largest absolute Gasteiger partial charge is 0.376 e. The first-order valence-corrected chi connectivity index (χ1v) is 11.7. The molecular formula is C16H28O7P2. The van der Waals surface area contributed by atoms with E-state index in [1.165, 1.54) is 0 Å². The smallest absolute Gasteiger partial charge is 0.363 e. The van der Waals surface area contributed by atoms with Gasteiger partial charge in [-0.1, -0.05) is 24.3 Å². The van der Waals surface area contributed by atoms with E-state index in [2.05, 4.69) is 0 Å². The maximum atomic E-state index is 12.7. The van der Waals surface area contributed by atoms with E-state index in [0.717, 1.165) is 0 Å². The Labute approximate surface area is 149 Å². The number of rotatable bonds is 12. The monoisotopic (exact) mass is 394 g/mol. The first-order chi connectivity index (χ1) is 11.8. The van der Waals surface area contributed by atoms with Crippen molar-refractivity contribution in [1.29, 1.82) is 0 Å². The van der Waals surface area contributed by atoms with Gasteiger partial charge in [-0.15, -0.1) is 0 Å². The molecule has 0 fully saturated rings. The molecule has 0 amide bonds. The zero-order chi connectivity index (χ0) is 18.9. The van der Waals surface area contributed by atoms with Crippen molar-refractivity contribution >= 4 is 15.2 Å². The van der Waals surface area contributed by atoms with Crippen LogP contribution in [0, 0.1) is 0 Å². The molecule has 0 spiro atoms. The SMILES string of the molecule is CCOP(=O)(Cc1cccc(C(O)P(=O)(OCC)OCC)c1)OCC. The lowest BCUT2D eigenvalue weighted by Gasteiger charge is -2.23. The molecule has 144 valence electrons. The lowest BCUT2D eigenvalue weighted by molar-refractivity contribution is 0.150. The first-order valence-electron chi connectivity index (χ1n) is 8.37. The quantitative estimate of drug-likeness (QED) is 0.513. The summed E-state index contributed by atoms with van der Waals surface area (Å²) in [6.07, 6.45) is 0.0583. The topological polar surface area (TPSA) is 91.3 Å². The molecule has 0 radical (unpaired) electrons. The average Bonchev–Trinajstić information content (AvgIpc) is 2.55. The molecule has 0 saturated heterocycles. The maximum absolute atomic E-state index is 12.7. The minimum atomic E-state index is -3.70. The van der Waals surface area contributed by atoms with Gasteiger partial charge >= 0.3 is 15.2 Å². The fourth-order valence-electron chi connectivity index (χ4n) is 2.32. The third-order valence-corrected chi connectivity index (χ3v) is 7.38.